The van der Waals surface area contributed by atoms with Gasteiger partial charge >= 0.3 is 0 Å². The highest BCUT2D eigenvalue weighted by atomic mass is 32.2. The molecule has 1 saturated heterocycles. The van der Waals surface area contributed by atoms with Gasteiger partial charge in [-0.25, -0.2) is 8.42 Å². The Bertz CT molecular complexity index is 579. The monoisotopic (exact) mass is 310 g/mol. The van der Waals surface area contributed by atoms with Gasteiger partial charge in [-0.2, -0.15) is 4.31 Å². The van der Waals surface area contributed by atoms with Crippen molar-refractivity contribution in [3.8, 4) is 0 Å². The molecule has 2 rings (SSSR count). The Morgan fingerprint density at radius 1 is 1.29 bits per heavy atom. The maximum absolute atomic E-state index is 12.7. The van der Waals surface area contributed by atoms with E-state index in [0.29, 0.717) is 18.0 Å². The largest absolute Gasteiger partial charge is 0.329 e. The van der Waals surface area contributed by atoms with E-state index in [1.807, 2.05) is 12.1 Å². The molecule has 1 atom stereocenters. The van der Waals surface area contributed by atoms with Crippen LogP contribution in [-0.4, -0.2) is 31.9 Å². The van der Waals surface area contributed by atoms with E-state index in [1.54, 1.807) is 16.4 Å². The van der Waals surface area contributed by atoms with E-state index in [1.165, 1.54) is 5.56 Å². The van der Waals surface area contributed by atoms with Crippen molar-refractivity contribution in [2.75, 3.05) is 13.1 Å². The van der Waals surface area contributed by atoms with Gasteiger partial charge in [0.2, 0.25) is 10.0 Å². The van der Waals surface area contributed by atoms with Crippen LogP contribution in [0.3, 0.4) is 0 Å². The number of benzene rings is 1. The minimum atomic E-state index is -3.42. The molecule has 1 aliphatic rings. The average Bonchev–Trinajstić information content (AvgIpc) is 2.96. The maximum Gasteiger partial charge on any atom is 0.243 e. The van der Waals surface area contributed by atoms with Gasteiger partial charge in [0.15, 0.2) is 0 Å². The van der Waals surface area contributed by atoms with Gasteiger partial charge in [0, 0.05) is 19.1 Å². The third-order valence-electron chi connectivity index (χ3n) is 4.72. The first-order valence-corrected chi connectivity index (χ1v) is 9.09. The van der Waals surface area contributed by atoms with Gasteiger partial charge in [0.1, 0.15) is 0 Å². The van der Waals surface area contributed by atoms with Crippen LogP contribution in [0.1, 0.15) is 45.6 Å². The molecule has 4 nitrogen and oxygen atoms in total. The van der Waals surface area contributed by atoms with Gasteiger partial charge in [-0.05, 0) is 42.4 Å². The predicted molar refractivity (Wildman–Crippen MR) is 85.7 cm³/mol. The first kappa shape index (κ1) is 16.5. The molecule has 0 bridgehead atoms. The van der Waals surface area contributed by atoms with Crippen LogP contribution in [0.25, 0.3) is 0 Å². The third-order valence-corrected chi connectivity index (χ3v) is 6.69. The Morgan fingerprint density at radius 2 is 1.90 bits per heavy atom. The molecule has 0 aliphatic carbocycles. The summed E-state index contributed by atoms with van der Waals surface area (Å²) in [6, 6.07) is 7.28. The van der Waals surface area contributed by atoms with Crippen molar-refractivity contribution in [3.05, 3.63) is 29.8 Å². The second kappa shape index (κ2) is 6.07. The number of hydrogen-bond donors (Lipinski definition) is 1. The highest BCUT2D eigenvalue weighted by Crippen LogP contribution is 2.30. The third kappa shape index (κ3) is 3.15. The molecule has 1 unspecified atom stereocenters. The fourth-order valence-corrected chi connectivity index (χ4v) is 4.48. The van der Waals surface area contributed by atoms with Crippen LogP contribution in [0.5, 0.6) is 0 Å². The summed E-state index contributed by atoms with van der Waals surface area (Å²) in [6.45, 7) is 7.44. The Balaban J connectivity index is 2.29. The number of nitrogens with two attached hydrogens (primary N) is 1. The molecule has 0 amide bonds. The molecule has 2 N–H and O–H groups in total. The van der Waals surface area contributed by atoms with Crippen LogP contribution in [0.2, 0.25) is 0 Å². The van der Waals surface area contributed by atoms with E-state index in [4.69, 9.17) is 5.73 Å². The van der Waals surface area contributed by atoms with Gasteiger partial charge in [-0.1, -0.05) is 32.9 Å². The molecule has 1 aromatic carbocycles. The van der Waals surface area contributed by atoms with Crippen LogP contribution in [0.15, 0.2) is 29.2 Å². The van der Waals surface area contributed by atoms with Crippen molar-refractivity contribution in [2.45, 2.75) is 56.4 Å². The quantitative estimate of drug-likeness (QED) is 0.909. The van der Waals surface area contributed by atoms with Crippen molar-refractivity contribution in [3.63, 3.8) is 0 Å². The highest BCUT2D eigenvalue weighted by Gasteiger charge is 2.34. The molecule has 1 aromatic rings. The zero-order valence-corrected chi connectivity index (χ0v) is 14.0. The van der Waals surface area contributed by atoms with E-state index in [2.05, 4.69) is 20.8 Å². The lowest BCUT2D eigenvalue weighted by atomic mass is 9.82. The Kier molecular flexibility index (Phi) is 4.76. The number of nitrogens with zero attached hydrogens (tertiary/aromatic N) is 1. The standard InChI is InChI=1S/C16H26N2O2S/c1-4-16(2,3)13-7-9-15(10-8-13)21(19,20)18-11-5-6-14(18)12-17/h7-10,14H,4-6,11-12,17H2,1-3H3. The minimum absolute atomic E-state index is 0.0539. The predicted octanol–water partition coefficient (Wildman–Crippen LogP) is 2.49. The van der Waals surface area contributed by atoms with Crippen molar-refractivity contribution in [1.82, 2.24) is 4.31 Å². The lowest BCUT2D eigenvalue weighted by Gasteiger charge is -2.25. The van der Waals surface area contributed by atoms with Crippen LogP contribution in [0.4, 0.5) is 0 Å². The molecule has 1 aliphatic heterocycles. The van der Waals surface area contributed by atoms with E-state index in [9.17, 15) is 8.42 Å². The van der Waals surface area contributed by atoms with Crippen LogP contribution in [-0.2, 0) is 15.4 Å². The lowest BCUT2D eigenvalue weighted by Crippen LogP contribution is -2.39. The normalized spacial score (nSPS) is 20.9. The molecule has 1 fully saturated rings. The van der Waals surface area contributed by atoms with Crippen molar-refractivity contribution in [1.29, 1.82) is 0 Å². The summed E-state index contributed by atoms with van der Waals surface area (Å²) >= 11 is 0. The zero-order valence-electron chi connectivity index (χ0n) is 13.2. The molecule has 0 aromatic heterocycles. The highest BCUT2D eigenvalue weighted by molar-refractivity contribution is 7.89. The molecular weight excluding hydrogens is 284 g/mol. The first-order valence-electron chi connectivity index (χ1n) is 7.65. The van der Waals surface area contributed by atoms with Gasteiger partial charge in [-0.3, -0.25) is 0 Å². The van der Waals surface area contributed by atoms with Gasteiger partial charge in [0.05, 0.1) is 4.90 Å². The minimum Gasteiger partial charge on any atom is -0.329 e. The smallest absolute Gasteiger partial charge is 0.243 e. The summed E-state index contributed by atoms with van der Waals surface area (Å²) in [5, 5.41) is 0. The zero-order chi connectivity index (χ0) is 15.7. The Labute approximate surface area is 128 Å². The maximum atomic E-state index is 12.7. The summed E-state index contributed by atoms with van der Waals surface area (Å²) < 4.78 is 27.0. The van der Waals surface area contributed by atoms with E-state index >= 15 is 0 Å². The number of hydrogen-bond acceptors (Lipinski definition) is 3. The van der Waals surface area contributed by atoms with Crippen molar-refractivity contribution in [2.24, 2.45) is 5.73 Å². The molecule has 1 heterocycles. The molecule has 0 saturated carbocycles. The van der Waals surface area contributed by atoms with E-state index < -0.39 is 10.0 Å². The molecule has 118 valence electrons. The van der Waals surface area contributed by atoms with Crippen LogP contribution >= 0.6 is 0 Å². The van der Waals surface area contributed by atoms with E-state index in [0.717, 1.165) is 19.3 Å². The summed E-state index contributed by atoms with van der Waals surface area (Å²) in [7, 11) is -3.42. The second-order valence-corrected chi connectivity index (χ2v) is 8.30. The molecule has 0 radical (unpaired) electrons. The summed E-state index contributed by atoms with van der Waals surface area (Å²) in [4.78, 5) is 0.374. The number of sulfonamides is 1. The summed E-state index contributed by atoms with van der Waals surface area (Å²) in [6.07, 6.45) is 2.76. The lowest BCUT2D eigenvalue weighted by molar-refractivity contribution is 0.393. The topological polar surface area (TPSA) is 63.4 Å². The number of rotatable bonds is 5. The fourth-order valence-electron chi connectivity index (χ4n) is 2.78. The SMILES string of the molecule is CCC(C)(C)c1ccc(S(=O)(=O)N2CCCC2CN)cc1. The molecular formula is C16H26N2O2S. The van der Waals surface area contributed by atoms with Crippen molar-refractivity contribution < 1.29 is 8.42 Å². The van der Waals surface area contributed by atoms with Crippen molar-refractivity contribution >= 4 is 10.0 Å². The Hall–Kier alpha value is -0.910. The Morgan fingerprint density at radius 3 is 2.43 bits per heavy atom. The van der Waals surface area contributed by atoms with E-state index in [-0.39, 0.29) is 11.5 Å². The van der Waals surface area contributed by atoms with Gasteiger partial charge in [-0.15, -0.1) is 0 Å². The summed E-state index contributed by atoms with van der Waals surface area (Å²) in [5.74, 6) is 0. The molecule has 0 spiro atoms. The van der Waals surface area contributed by atoms with Gasteiger partial charge < -0.3 is 5.73 Å². The van der Waals surface area contributed by atoms with Crippen LogP contribution in [0, 0.1) is 0 Å². The average molecular weight is 310 g/mol. The molecule has 5 heteroatoms. The van der Waals surface area contributed by atoms with Crippen LogP contribution < -0.4 is 5.73 Å². The van der Waals surface area contributed by atoms with Gasteiger partial charge in [0.25, 0.3) is 0 Å². The summed E-state index contributed by atoms with van der Waals surface area (Å²) in [5.41, 5.74) is 6.92. The molecule has 21 heavy (non-hydrogen) atoms. The fraction of sp³-hybridized carbons (Fsp3) is 0.625. The second-order valence-electron chi connectivity index (χ2n) is 6.41. The first-order chi connectivity index (χ1) is 9.82.